The van der Waals surface area contributed by atoms with Crippen LogP contribution in [0.3, 0.4) is 0 Å². The first kappa shape index (κ1) is 20.2. The molecule has 0 fully saturated rings. The maximum absolute atomic E-state index is 13.4. The van der Waals surface area contributed by atoms with Gasteiger partial charge in [0.05, 0.1) is 13.5 Å². The Morgan fingerprint density at radius 1 is 1.15 bits per heavy atom. The van der Waals surface area contributed by atoms with E-state index in [9.17, 15) is 23.5 Å². The summed E-state index contributed by atoms with van der Waals surface area (Å²) < 4.78 is 31.5. The molecule has 0 aliphatic carbocycles. The quantitative estimate of drug-likeness (QED) is 0.698. The lowest BCUT2D eigenvalue weighted by Crippen LogP contribution is -2.42. The van der Waals surface area contributed by atoms with Crippen molar-refractivity contribution in [3.8, 4) is 11.5 Å². The summed E-state index contributed by atoms with van der Waals surface area (Å²) in [5.74, 6) is -3.27. The van der Waals surface area contributed by atoms with Crippen molar-refractivity contribution in [2.45, 2.75) is 26.7 Å². The van der Waals surface area contributed by atoms with Crippen molar-refractivity contribution in [1.29, 1.82) is 0 Å². The maximum Gasteiger partial charge on any atom is 0.269 e. The van der Waals surface area contributed by atoms with Gasteiger partial charge in [0.15, 0.2) is 11.6 Å². The van der Waals surface area contributed by atoms with Gasteiger partial charge >= 0.3 is 0 Å². The number of halogens is 2. The first-order valence-corrected chi connectivity index (χ1v) is 8.21. The molecule has 0 saturated carbocycles. The number of carbonyl (C=O) groups excluding carboxylic acids is 2. The van der Waals surface area contributed by atoms with Crippen molar-refractivity contribution >= 4 is 11.8 Å². The third-order valence-corrected chi connectivity index (χ3v) is 4.16. The summed E-state index contributed by atoms with van der Waals surface area (Å²) in [6.07, 6.45) is 0.193. The van der Waals surface area contributed by atoms with Crippen molar-refractivity contribution in [2.75, 3.05) is 7.11 Å². The van der Waals surface area contributed by atoms with Gasteiger partial charge < -0.3 is 9.84 Å². The summed E-state index contributed by atoms with van der Waals surface area (Å²) in [6, 6.07) is 4.58. The monoisotopic (exact) mass is 378 g/mol. The van der Waals surface area contributed by atoms with Crippen molar-refractivity contribution < 1.29 is 28.2 Å². The van der Waals surface area contributed by atoms with E-state index in [0.29, 0.717) is 23.1 Å². The van der Waals surface area contributed by atoms with E-state index in [1.54, 1.807) is 6.92 Å². The van der Waals surface area contributed by atoms with Crippen LogP contribution in [0.4, 0.5) is 8.78 Å². The molecule has 0 aromatic heterocycles. The standard InChI is InChI=1S/C19H20F2N2O4/c1-4-12-10(2)16(24)6-5-13(12)19(26)23-22-18(25)8-11-7-14(20)15(21)9-17(11)27-3/h5-7,9,24H,4,8H2,1-3H3,(H,22,25)(H,23,26). The molecule has 0 heterocycles. The Hall–Kier alpha value is -3.16. The molecule has 27 heavy (non-hydrogen) atoms. The summed E-state index contributed by atoms with van der Waals surface area (Å²) in [5.41, 5.74) is 6.20. The van der Waals surface area contributed by atoms with Crippen LogP contribution in [0.15, 0.2) is 24.3 Å². The molecule has 0 unspecified atom stereocenters. The molecule has 2 aromatic rings. The lowest BCUT2D eigenvalue weighted by Gasteiger charge is -2.14. The maximum atomic E-state index is 13.4. The Labute approximate surface area is 155 Å². The fourth-order valence-corrected chi connectivity index (χ4v) is 2.72. The Balaban J connectivity index is 2.07. The van der Waals surface area contributed by atoms with E-state index in [-0.39, 0.29) is 23.5 Å². The first-order chi connectivity index (χ1) is 12.8. The second kappa shape index (κ2) is 8.48. The molecule has 2 rings (SSSR count). The van der Waals surface area contributed by atoms with Crippen LogP contribution in [-0.4, -0.2) is 24.0 Å². The minimum atomic E-state index is -1.10. The fourth-order valence-electron chi connectivity index (χ4n) is 2.72. The molecule has 144 valence electrons. The molecule has 0 saturated heterocycles. The van der Waals surface area contributed by atoms with Gasteiger partial charge in [-0.25, -0.2) is 8.78 Å². The molecule has 0 aliphatic rings. The highest BCUT2D eigenvalue weighted by molar-refractivity contribution is 5.97. The molecular formula is C19H20F2N2O4. The van der Waals surface area contributed by atoms with E-state index >= 15 is 0 Å². The van der Waals surface area contributed by atoms with Gasteiger partial charge in [0.2, 0.25) is 5.91 Å². The minimum absolute atomic E-state index is 0.0257. The van der Waals surface area contributed by atoms with Crippen LogP contribution >= 0.6 is 0 Å². The predicted molar refractivity (Wildman–Crippen MR) is 94.4 cm³/mol. The van der Waals surface area contributed by atoms with E-state index in [1.807, 2.05) is 6.92 Å². The van der Waals surface area contributed by atoms with Gasteiger partial charge in [-0.15, -0.1) is 0 Å². The zero-order valence-electron chi connectivity index (χ0n) is 15.2. The normalized spacial score (nSPS) is 10.4. The predicted octanol–water partition coefficient (Wildman–Crippen LogP) is 2.55. The van der Waals surface area contributed by atoms with Gasteiger partial charge in [0.1, 0.15) is 11.5 Å². The highest BCUT2D eigenvalue weighted by Gasteiger charge is 2.17. The van der Waals surface area contributed by atoms with Crippen LogP contribution in [0, 0.1) is 18.6 Å². The molecule has 8 heteroatoms. The van der Waals surface area contributed by atoms with Gasteiger partial charge in [0, 0.05) is 17.2 Å². The zero-order valence-corrected chi connectivity index (χ0v) is 15.2. The molecule has 3 N–H and O–H groups in total. The van der Waals surface area contributed by atoms with Crippen molar-refractivity contribution in [3.63, 3.8) is 0 Å². The van der Waals surface area contributed by atoms with Crippen LogP contribution in [0.1, 0.15) is 34.0 Å². The van der Waals surface area contributed by atoms with Crippen molar-refractivity contribution in [2.24, 2.45) is 0 Å². The number of aromatic hydroxyl groups is 1. The first-order valence-electron chi connectivity index (χ1n) is 8.21. The molecule has 2 amide bonds. The van der Waals surface area contributed by atoms with Gasteiger partial charge in [-0.2, -0.15) is 0 Å². The number of hydrogen-bond donors (Lipinski definition) is 3. The van der Waals surface area contributed by atoms with E-state index in [2.05, 4.69) is 10.9 Å². The lowest BCUT2D eigenvalue weighted by molar-refractivity contribution is -0.121. The smallest absolute Gasteiger partial charge is 0.269 e. The molecule has 0 aliphatic heterocycles. The lowest BCUT2D eigenvalue weighted by atomic mass is 9.98. The Bertz CT molecular complexity index is 884. The second-order valence-corrected chi connectivity index (χ2v) is 5.85. The summed E-state index contributed by atoms with van der Waals surface area (Å²) in [5, 5.41) is 9.74. The molecular weight excluding hydrogens is 358 g/mol. The van der Waals surface area contributed by atoms with Crippen LogP contribution in [-0.2, 0) is 17.6 Å². The van der Waals surface area contributed by atoms with Crippen LogP contribution in [0.2, 0.25) is 0 Å². The number of phenols is 1. The van der Waals surface area contributed by atoms with Crippen LogP contribution in [0.25, 0.3) is 0 Å². The number of methoxy groups -OCH3 is 1. The van der Waals surface area contributed by atoms with Crippen LogP contribution < -0.4 is 15.6 Å². The van der Waals surface area contributed by atoms with E-state index < -0.39 is 23.4 Å². The number of ether oxygens (including phenoxy) is 1. The van der Waals surface area contributed by atoms with Gasteiger partial charge in [-0.3, -0.25) is 20.4 Å². The Morgan fingerprint density at radius 2 is 1.81 bits per heavy atom. The topological polar surface area (TPSA) is 87.7 Å². The summed E-state index contributed by atoms with van der Waals surface area (Å²) >= 11 is 0. The third kappa shape index (κ3) is 4.52. The van der Waals surface area contributed by atoms with Crippen LogP contribution in [0.5, 0.6) is 11.5 Å². The summed E-state index contributed by atoms with van der Waals surface area (Å²) in [7, 11) is 1.27. The van der Waals surface area contributed by atoms with E-state index in [4.69, 9.17) is 4.74 Å². The van der Waals surface area contributed by atoms with E-state index in [1.165, 1.54) is 19.2 Å². The van der Waals surface area contributed by atoms with Crippen molar-refractivity contribution in [3.05, 3.63) is 58.2 Å². The number of hydrogen-bond acceptors (Lipinski definition) is 4. The van der Waals surface area contributed by atoms with Crippen molar-refractivity contribution in [1.82, 2.24) is 10.9 Å². The van der Waals surface area contributed by atoms with E-state index in [0.717, 1.165) is 12.1 Å². The number of rotatable bonds is 5. The SMILES string of the molecule is CCc1c(C(=O)NNC(=O)Cc2cc(F)c(F)cc2OC)ccc(O)c1C. The number of amides is 2. The fraction of sp³-hybridized carbons (Fsp3) is 0.263. The number of carbonyl (C=O) groups is 2. The average molecular weight is 378 g/mol. The van der Waals surface area contributed by atoms with Gasteiger partial charge in [-0.1, -0.05) is 6.92 Å². The number of phenolic OH excluding ortho intramolecular Hbond substituents is 1. The number of benzene rings is 2. The van der Waals surface area contributed by atoms with Gasteiger partial charge in [0.25, 0.3) is 5.91 Å². The highest BCUT2D eigenvalue weighted by atomic mass is 19.2. The third-order valence-electron chi connectivity index (χ3n) is 4.16. The number of nitrogens with one attached hydrogen (secondary N) is 2. The average Bonchev–Trinajstić information content (AvgIpc) is 2.64. The molecule has 6 nitrogen and oxygen atoms in total. The largest absolute Gasteiger partial charge is 0.508 e. The second-order valence-electron chi connectivity index (χ2n) is 5.85. The minimum Gasteiger partial charge on any atom is -0.508 e. The van der Waals surface area contributed by atoms with Gasteiger partial charge in [-0.05, 0) is 42.7 Å². The summed E-state index contributed by atoms with van der Waals surface area (Å²) in [6.45, 7) is 3.53. The number of hydrazine groups is 1. The highest BCUT2D eigenvalue weighted by Crippen LogP contribution is 2.24. The Morgan fingerprint density at radius 3 is 2.44 bits per heavy atom. The molecule has 0 spiro atoms. The molecule has 0 radical (unpaired) electrons. The molecule has 0 bridgehead atoms. The molecule has 2 aromatic carbocycles. The zero-order chi connectivity index (χ0) is 20.1. The molecule has 0 atom stereocenters. The summed E-state index contributed by atoms with van der Waals surface area (Å²) in [4.78, 5) is 24.4. The Kier molecular flexibility index (Phi) is 6.33.